The molecule has 1 amide bonds. The van der Waals surface area contributed by atoms with E-state index in [4.69, 9.17) is 0 Å². The standard InChI is InChI=1S/C27H30F3N5O4S/c1-5-40(38,39)20-8-6-17(7-9-20)11-32-25(37)18-10-19-14-35(23(15(2)3)22(19)31-12-18)26-33-13-21(16(4)36)24(34-26)27(28,29)30/h6-10,12-13,15-16,23,36H,5,11,14H2,1-4H3,(H,32,37)/t16-,23?/m1/s1. The molecule has 2 aromatic heterocycles. The molecule has 3 heterocycles. The van der Waals surface area contributed by atoms with E-state index in [-0.39, 0.29) is 41.2 Å². The zero-order valence-electron chi connectivity index (χ0n) is 22.4. The van der Waals surface area contributed by atoms with E-state index >= 15 is 0 Å². The summed E-state index contributed by atoms with van der Waals surface area (Å²) in [4.78, 5) is 27.1. The van der Waals surface area contributed by atoms with Crippen molar-refractivity contribution in [3.63, 3.8) is 0 Å². The molecule has 0 radical (unpaired) electrons. The third-order valence-corrected chi connectivity index (χ3v) is 8.50. The normalized spacial score (nSPS) is 16.2. The Morgan fingerprint density at radius 3 is 2.40 bits per heavy atom. The lowest BCUT2D eigenvalue weighted by Crippen LogP contribution is -2.29. The van der Waals surface area contributed by atoms with Gasteiger partial charge < -0.3 is 15.3 Å². The van der Waals surface area contributed by atoms with Crippen molar-refractivity contribution in [3.8, 4) is 0 Å². The summed E-state index contributed by atoms with van der Waals surface area (Å²) in [6.45, 7) is 6.90. The molecule has 4 rings (SSSR count). The number of aliphatic hydroxyl groups is 1. The Hall–Kier alpha value is -3.58. The minimum atomic E-state index is -4.78. The summed E-state index contributed by atoms with van der Waals surface area (Å²) < 4.78 is 65.1. The summed E-state index contributed by atoms with van der Waals surface area (Å²) in [5.41, 5.74) is 0.664. The summed E-state index contributed by atoms with van der Waals surface area (Å²) in [5.74, 6) is -0.626. The van der Waals surface area contributed by atoms with Crippen LogP contribution in [-0.4, -0.2) is 40.1 Å². The van der Waals surface area contributed by atoms with Crippen molar-refractivity contribution in [2.75, 3.05) is 10.7 Å². The SMILES string of the molecule is CCS(=O)(=O)c1ccc(CNC(=O)c2cnc3c(c2)CN(c2ncc([C@@H](C)O)c(C(F)(F)F)n2)C3C(C)C)cc1. The lowest BCUT2D eigenvalue weighted by atomic mass is 9.99. The highest BCUT2D eigenvalue weighted by Crippen LogP contribution is 2.41. The van der Waals surface area contributed by atoms with E-state index < -0.39 is 45.3 Å². The number of nitrogens with zero attached hydrogens (tertiary/aromatic N) is 4. The van der Waals surface area contributed by atoms with Crippen LogP contribution in [-0.2, 0) is 29.1 Å². The van der Waals surface area contributed by atoms with E-state index in [1.165, 1.54) is 25.3 Å². The van der Waals surface area contributed by atoms with Gasteiger partial charge in [-0.1, -0.05) is 32.9 Å². The molecule has 2 atom stereocenters. The van der Waals surface area contributed by atoms with E-state index in [1.54, 1.807) is 30.0 Å². The summed E-state index contributed by atoms with van der Waals surface area (Å²) in [5, 5.41) is 12.6. The minimum absolute atomic E-state index is 0.00764. The van der Waals surface area contributed by atoms with Crippen LogP contribution in [0.25, 0.3) is 0 Å². The number of rotatable bonds is 8. The number of fused-ring (bicyclic) bond motifs is 1. The number of aromatic nitrogens is 3. The fraction of sp³-hybridized carbons (Fsp3) is 0.407. The molecule has 0 aliphatic carbocycles. The number of hydrogen-bond acceptors (Lipinski definition) is 8. The monoisotopic (exact) mass is 577 g/mol. The largest absolute Gasteiger partial charge is 0.433 e. The number of anilines is 1. The van der Waals surface area contributed by atoms with Crippen molar-refractivity contribution in [1.29, 1.82) is 0 Å². The first-order valence-corrected chi connectivity index (χ1v) is 14.4. The fourth-order valence-electron chi connectivity index (χ4n) is 4.66. The predicted octanol–water partition coefficient (Wildman–Crippen LogP) is 4.38. The van der Waals surface area contributed by atoms with E-state index in [0.717, 1.165) is 6.20 Å². The van der Waals surface area contributed by atoms with Gasteiger partial charge in [-0.3, -0.25) is 9.78 Å². The summed E-state index contributed by atoms with van der Waals surface area (Å²) in [7, 11) is -3.32. The topological polar surface area (TPSA) is 125 Å². The number of alkyl halides is 3. The molecule has 0 fully saturated rings. The second-order valence-corrected chi connectivity index (χ2v) is 12.2. The van der Waals surface area contributed by atoms with E-state index in [9.17, 15) is 31.5 Å². The van der Waals surface area contributed by atoms with Gasteiger partial charge in [-0.25, -0.2) is 18.4 Å². The van der Waals surface area contributed by atoms with Crippen molar-refractivity contribution in [1.82, 2.24) is 20.3 Å². The number of amides is 1. The highest BCUT2D eigenvalue weighted by molar-refractivity contribution is 7.91. The maximum atomic E-state index is 13.7. The first-order valence-electron chi connectivity index (χ1n) is 12.7. The molecule has 1 aliphatic rings. The number of sulfone groups is 1. The minimum Gasteiger partial charge on any atom is -0.389 e. The molecule has 0 saturated carbocycles. The average molecular weight is 578 g/mol. The van der Waals surface area contributed by atoms with Gasteiger partial charge in [0.05, 0.1) is 34.1 Å². The van der Waals surface area contributed by atoms with Crippen molar-refractivity contribution in [2.24, 2.45) is 5.92 Å². The number of carbonyl (C=O) groups is 1. The van der Waals surface area contributed by atoms with Crippen LogP contribution in [0.2, 0.25) is 0 Å². The summed E-state index contributed by atoms with van der Waals surface area (Å²) in [6.07, 6.45) is -3.76. The molecule has 1 aromatic carbocycles. The van der Waals surface area contributed by atoms with Gasteiger partial charge in [-0.05, 0) is 42.2 Å². The van der Waals surface area contributed by atoms with Crippen molar-refractivity contribution < 1.29 is 31.5 Å². The third kappa shape index (κ3) is 5.94. The molecule has 0 saturated heterocycles. The number of hydrogen-bond donors (Lipinski definition) is 2. The van der Waals surface area contributed by atoms with Crippen LogP contribution in [0.15, 0.2) is 47.6 Å². The maximum absolute atomic E-state index is 13.7. The molecular weight excluding hydrogens is 547 g/mol. The van der Waals surface area contributed by atoms with Crippen LogP contribution >= 0.6 is 0 Å². The van der Waals surface area contributed by atoms with Crippen molar-refractivity contribution in [2.45, 2.75) is 64.0 Å². The Morgan fingerprint density at radius 2 is 1.82 bits per heavy atom. The van der Waals surface area contributed by atoms with Gasteiger partial charge >= 0.3 is 6.18 Å². The van der Waals surface area contributed by atoms with Crippen LogP contribution < -0.4 is 10.2 Å². The zero-order chi connectivity index (χ0) is 29.4. The number of halogens is 3. The lowest BCUT2D eigenvalue weighted by molar-refractivity contribution is -0.142. The Kier molecular flexibility index (Phi) is 8.18. The van der Waals surface area contributed by atoms with Gasteiger partial charge in [0.1, 0.15) is 0 Å². The first-order chi connectivity index (χ1) is 18.7. The molecule has 9 nitrogen and oxygen atoms in total. The Morgan fingerprint density at radius 1 is 1.15 bits per heavy atom. The van der Waals surface area contributed by atoms with Crippen molar-refractivity contribution >= 4 is 21.7 Å². The molecule has 1 aliphatic heterocycles. The van der Waals surface area contributed by atoms with Gasteiger partial charge in [-0.2, -0.15) is 13.2 Å². The fourth-order valence-corrected chi connectivity index (χ4v) is 5.54. The van der Waals surface area contributed by atoms with Gasteiger partial charge in [0, 0.05) is 31.0 Å². The quantitative estimate of drug-likeness (QED) is 0.404. The van der Waals surface area contributed by atoms with Crippen LogP contribution in [0.4, 0.5) is 19.1 Å². The first kappa shape index (κ1) is 29.4. The molecule has 3 aromatic rings. The molecular formula is C27H30F3N5O4S. The number of benzene rings is 1. The van der Waals surface area contributed by atoms with Crippen LogP contribution in [0.1, 0.15) is 78.3 Å². The number of pyridine rings is 1. The molecule has 1 unspecified atom stereocenters. The van der Waals surface area contributed by atoms with Crippen molar-refractivity contribution in [3.05, 3.63) is 76.4 Å². The molecule has 214 valence electrons. The summed E-state index contributed by atoms with van der Waals surface area (Å²) in [6, 6.07) is 7.48. The van der Waals surface area contributed by atoms with E-state index in [1.807, 2.05) is 13.8 Å². The number of nitrogens with one attached hydrogen (secondary N) is 1. The van der Waals surface area contributed by atoms with Gasteiger partial charge in [0.15, 0.2) is 15.5 Å². The number of aliphatic hydroxyl groups excluding tert-OH is 1. The smallest absolute Gasteiger partial charge is 0.389 e. The zero-order valence-corrected chi connectivity index (χ0v) is 23.2. The van der Waals surface area contributed by atoms with E-state index in [2.05, 4.69) is 20.3 Å². The van der Waals surface area contributed by atoms with Gasteiger partial charge in [0.2, 0.25) is 5.95 Å². The number of carbonyl (C=O) groups excluding carboxylic acids is 1. The highest BCUT2D eigenvalue weighted by Gasteiger charge is 2.40. The average Bonchev–Trinajstić information content (AvgIpc) is 3.30. The Balaban J connectivity index is 1.55. The molecule has 2 N–H and O–H groups in total. The van der Waals surface area contributed by atoms with Crippen LogP contribution in [0.3, 0.4) is 0 Å². The lowest BCUT2D eigenvalue weighted by Gasteiger charge is -2.28. The van der Waals surface area contributed by atoms with E-state index in [0.29, 0.717) is 16.8 Å². The molecule has 13 heteroatoms. The maximum Gasteiger partial charge on any atom is 0.433 e. The van der Waals surface area contributed by atoms with Gasteiger partial charge in [0.25, 0.3) is 5.91 Å². The second-order valence-electron chi connectivity index (χ2n) is 9.96. The Bertz CT molecular complexity index is 1510. The molecule has 0 spiro atoms. The molecule has 40 heavy (non-hydrogen) atoms. The van der Waals surface area contributed by atoms with Gasteiger partial charge in [-0.15, -0.1) is 0 Å². The van der Waals surface area contributed by atoms with Crippen LogP contribution in [0, 0.1) is 5.92 Å². The highest BCUT2D eigenvalue weighted by atomic mass is 32.2. The molecule has 0 bridgehead atoms. The summed E-state index contributed by atoms with van der Waals surface area (Å²) >= 11 is 0. The third-order valence-electron chi connectivity index (χ3n) is 6.75. The van der Waals surface area contributed by atoms with Crippen LogP contribution in [0.5, 0.6) is 0 Å². The second kappa shape index (κ2) is 11.1. The Labute approximate surface area is 230 Å². The predicted molar refractivity (Wildman–Crippen MR) is 141 cm³/mol.